The van der Waals surface area contributed by atoms with Crippen molar-refractivity contribution in [2.45, 2.75) is 33.2 Å². The lowest BCUT2D eigenvalue weighted by molar-refractivity contribution is -0.384. The Kier molecular flexibility index (Phi) is 5.74. The molecule has 0 saturated carbocycles. The predicted molar refractivity (Wildman–Crippen MR) is 106 cm³/mol. The van der Waals surface area contributed by atoms with E-state index in [1.165, 1.54) is 6.07 Å². The molecule has 0 aliphatic carbocycles. The van der Waals surface area contributed by atoms with Crippen molar-refractivity contribution in [3.63, 3.8) is 0 Å². The van der Waals surface area contributed by atoms with Crippen LogP contribution in [0, 0.1) is 23.0 Å². The minimum absolute atomic E-state index is 0.00691. The van der Waals surface area contributed by atoms with Crippen LogP contribution in [0.1, 0.15) is 41.3 Å². The van der Waals surface area contributed by atoms with Crippen LogP contribution < -0.4 is 10.2 Å². The van der Waals surface area contributed by atoms with E-state index in [9.17, 15) is 14.9 Å². The highest BCUT2D eigenvalue weighted by atomic mass is 16.6. The van der Waals surface area contributed by atoms with E-state index in [0.29, 0.717) is 23.7 Å². The number of carbonyl (C=O) groups is 1. The molecular weight excluding hydrogens is 342 g/mol. The van der Waals surface area contributed by atoms with Gasteiger partial charge in [0.2, 0.25) is 0 Å². The van der Waals surface area contributed by atoms with E-state index in [1.54, 1.807) is 12.1 Å². The molecule has 6 nitrogen and oxygen atoms in total. The van der Waals surface area contributed by atoms with Crippen LogP contribution in [-0.2, 0) is 6.54 Å². The van der Waals surface area contributed by atoms with E-state index in [4.69, 9.17) is 0 Å². The highest BCUT2D eigenvalue weighted by molar-refractivity contribution is 5.95. The maximum atomic E-state index is 12.4. The second-order valence-electron chi connectivity index (χ2n) is 7.30. The van der Waals surface area contributed by atoms with Crippen molar-refractivity contribution in [1.29, 1.82) is 0 Å². The highest BCUT2D eigenvalue weighted by Gasteiger charge is 2.24. The van der Waals surface area contributed by atoms with Crippen molar-refractivity contribution >= 4 is 17.3 Å². The average Bonchev–Trinajstić information content (AvgIpc) is 2.67. The van der Waals surface area contributed by atoms with Crippen molar-refractivity contribution in [3.8, 4) is 0 Å². The zero-order valence-corrected chi connectivity index (χ0v) is 15.8. The van der Waals surface area contributed by atoms with Crippen LogP contribution in [0.15, 0.2) is 42.5 Å². The summed E-state index contributed by atoms with van der Waals surface area (Å²) in [6, 6.07) is 12.6. The third kappa shape index (κ3) is 4.64. The molecule has 0 spiro atoms. The molecule has 0 radical (unpaired) electrons. The molecule has 1 N–H and O–H groups in total. The Balaban J connectivity index is 1.73. The fraction of sp³-hybridized carbons (Fsp3) is 0.381. The van der Waals surface area contributed by atoms with E-state index in [2.05, 4.69) is 12.2 Å². The van der Waals surface area contributed by atoms with Gasteiger partial charge in [-0.25, -0.2) is 0 Å². The Morgan fingerprint density at radius 3 is 2.48 bits per heavy atom. The van der Waals surface area contributed by atoms with Crippen LogP contribution in [0.25, 0.3) is 0 Å². The zero-order chi connectivity index (χ0) is 19.4. The number of nitrogens with zero attached hydrogens (tertiary/aromatic N) is 2. The normalized spacial score (nSPS) is 14.8. The number of amides is 1. The van der Waals surface area contributed by atoms with Gasteiger partial charge >= 0.3 is 0 Å². The summed E-state index contributed by atoms with van der Waals surface area (Å²) in [7, 11) is 0. The number of benzene rings is 2. The number of anilines is 1. The third-order valence-corrected chi connectivity index (χ3v) is 5.13. The summed E-state index contributed by atoms with van der Waals surface area (Å²) in [5.41, 5.74) is 3.04. The summed E-state index contributed by atoms with van der Waals surface area (Å²) in [6.45, 7) is 6.21. The van der Waals surface area contributed by atoms with Crippen molar-refractivity contribution in [1.82, 2.24) is 5.32 Å². The molecule has 142 valence electrons. The molecule has 2 aromatic rings. The van der Waals surface area contributed by atoms with E-state index in [1.807, 2.05) is 36.1 Å². The highest BCUT2D eigenvalue weighted by Crippen LogP contribution is 2.32. The topological polar surface area (TPSA) is 75.5 Å². The molecule has 2 aromatic carbocycles. The molecule has 0 unspecified atom stereocenters. The predicted octanol–water partition coefficient (Wildman–Crippen LogP) is 4.07. The molecular formula is C21H25N3O3. The fourth-order valence-electron chi connectivity index (χ4n) is 3.32. The second-order valence-corrected chi connectivity index (χ2v) is 7.30. The summed E-state index contributed by atoms with van der Waals surface area (Å²) in [5, 5.41) is 14.4. The summed E-state index contributed by atoms with van der Waals surface area (Å²) in [5.74, 6) is 0.338. The molecule has 1 aliphatic heterocycles. The van der Waals surface area contributed by atoms with Gasteiger partial charge in [-0.2, -0.15) is 0 Å². The molecule has 1 heterocycles. The number of hydrogen-bond donors (Lipinski definition) is 1. The first-order chi connectivity index (χ1) is 12.9. The first-order valence-corrected chi connectivity index (χ1v) is 9.31. The number of hydrogen-bond acceptors (Lipinski definition) is 4. The van der Waals surface area contributed by atoms with Gasteiger partial charge in [-0.05, 0) is 43.4 Å². The molecule has 1 fully saturated rings. The Hall–Kier alpha value is -2.89. The smallest absolute Gasteiger partial charge is 0.293 e. The van der Waals surface area contributed by atoms with Gasteiger partial charge < -0.3 is 10.2 Å². The molecule has 1 aliphatic rings. The van der Waals surface area contributed by atoms with Crippen LogP contribution in [0.5, 0.6) is 0 Å². The number of aryl methyl sites for hydroxylation is 1. The first-order valence-electron chi connectivity index (χ1n) is 9.31. The molecule has 1 saturated heterocycles. The van der Waals surface area contributed by atoms with E-state index in [-0.39, 0.29) is 11.6 Å². The van der Waals surface area contributed by atoms with Crippen molar-refractivity contribution < 1.29 is 9.72 Å². The van der Waals surface area contributed by atoms with Gasteiger partial charge in [-0.1, -0.05) is 36.8 Å². The Bertz CT molecular complexity index is 825. The van der Waals surface area contributed by atoms with Crippen LogP contribution in [-0.4, -0.2) is 23.9 Å². The van der Waals surface area contributed by atoms with E-state index < -0.39 is 4.92 Å². The summed E-state index contributed by atoms with van der Waals surface area (Å²) < 4.78 is 0. The summed E-state index contributed by atoms with van der Waals surface area (Å²) in [4.78, 5) is 25.7. The Morgan fingerprint density at radius 1 is 1.19 bits per heavy atom. The minimum atomic E-state index is -0.399. The van der Waals surface area contributed by atoms with Gasteiger partial charge in [0.1, 0.15) is 5.69 Å². The van der Waals surface area contributed by atoms with Crippen LogP contribution in [0.4, 0.5) is 11.4 Å². The van der Waals surface area contributed by atoms with Gasteiger partial charge in [0.25, 0.3) is 11.6 Å². The monoisotopic (exact) mass is 367 g/mol. The molecule has 0 aromatic heterocycles. The Labute approximate surface area is 159 Å². The molecule has 0 atom stereocenters. The van der Waals surface area contributed by atoms with Crippen molar-refractivity contribution in [3.05, 3.63) is 69.3 Å². The maximum Gasteiger partial charge on any atom is 0.293 e. The van der Waals surface area contributed by atoms with Crippen molar-refractivity contribution in [2.24, 2.45) is 5.92 Å². The lowest BCUT2D eigenvalue weighted by Gasteiger charge is -2.31. The van der Waals surface area contributed by atoms with Gasteiger partial charge in [-0.15, -0.1) is 0 Å². The maximum absolute atomic E-state index is 12.4. The summed E-state index contributed by atoms with van der Waals surface area (Å²) in [6.07, 6.45) is 2.05. The number of piperidine rings is 1. The van der Waals surface area contributed by atoms with Gasteiger partial charge in [-0.3, -0.25) is 14.9 Å². The largest absolute Gasteiger partial charge is 0.366 e. The standard InChI is InChI=1S/C21H25N3O3/c1-15-3-5-17(6-4-15)14-22-21(25)18-7-8-19(20(13-18)24(26)27)23-11-9-16(2)10-12-23/h3-8,13,16H,9-12,14H2,1-2H3,(H,22,25). The molecule has 0 bridgehead atoms. The number of nitro benzene ring substituents is 1. The molecule has 1 amide bonds. The zero-order valence-electron chi connectivity index (χ0n) is 15.8. The van der Waals surface area contributed by atoms with E-state index >= 15 is 0 Å². The fourth-order valence-corrected chi connectivity index (χ4v) is 3.32. The van der Waals surface area contributed by atoms with Crippen LogP contribution in [0.2, 0.25) is 0 Å². The second kappa shape index (κ2) is 8.20. The first kappa shape index (κ1) is 18.9. The minimum Gasteiger partial charge on any atom is -0.366 e. The number of carbonyl (C=O) groups excluding carboxylic acids is 1. The van der Waals surface area contributed by atoms with Gasteiger partial charge in [0.15, 0.2) is 0 Å². The third-order valence-electron chi connectivity index (χ3n) is 5.13. The van der Waals surface area contributed by atoms with E-state index in [0.717, 1.165) is 37.1 Å². The SMILES string of the molecule is Cc1ccc(CNC(=O)c2ccc(N3CCC(C)CC3)c([N+](=O)[O-])c2)cc1. The molecule has 6 heteroatoms. The molecule has 27 heavy (non-hydrogen) atoms. The number of nitro groups is 1. The lowest BCUT2D eigenvalue weighted by Crippen LogP contribution is -2.33. The molecule has 3 rings (SSSR count). The number of rotatable bonds is 5. The quantitative estimate of drug-likeness (QED) is 0.638. The number of nitrogens with one attached hydrogen (secondary N) is 1. The van der Waals surface area contributed by atoms with Crippen LogP contribution in [0.3, 0.4) is 0 Å². The Morgan fingerprint density at radius 2 is 1.85 bits per heavy atom. The summed E-state index contributed by atoms with van der Waals surface area (Å²) >= 11 is 0. The van der Waals surface area contributed by atoms with Gasteiger partial charge in [0.05, 0.1) is 4.92 Å². The van der Waals surface area contributed by atoms with Gasteiger partial charge in [0, 0.05) is 31.3 Å². The van der Waals surface area contributed by atoms with Crippen LogP contribution >= 0.6 is 0 Å². The van der Waals surface area contributed by atoms with Crippen molar-refractivity contribution in [2.75, 3.05) is 18.0 Å². The lowest BCUT2D eigenvalue weighted by atomic mass is 9.98. The average molecular weight is 367 g/mol.